The van der Waals surface area contributed by atoms with Gasteiger partial charge in [0.05, 0.1) is 6.61 Å². The Hall–Kier alpha value is -1.20. The van der Waals surface area contributed by atoms with E-state index >= 15 is 0 Å². The zero-order valence-corrected chi connectivity index (χ0v) is 18.2. The van der Waals surface area contributed by atoms with Crippen LogP contribution in [0.4, 0.5) is 0 Å². The van der Waals surface area contributed by atoms with E-state index < -0.39 is 12.7 Å². The summed E-state index contributed by atoms with van der Waals surface area (Å²) in [7, 11) is 0. The normalized spacial score (nSPS) is 31.5. The van der Waals surface area contributed by atoms with Crippen LogP contribution in [0.25, 0.3) is 0 Å². The molecule has 5 heteroatoms. The zero-order chi connectivity index (χ0) is 21.1. The lowest BCUT2D eigenvalue weighted by Gasteiger charge is -2.52. The maximum Gasteiger partial charge on any atom is 0.306 e. The Balaban J connectivity index is 2.01. The van der Waals surface area contributed by atoms with Crippen molar-refractivity contribution in [2.24, 2.45) is 28.6 Å². The van der Waals surface area contributed by atoms with Crippen LogP contribution in [-0.2, 0) is 14.3 Å². The first kappa shape index (κ1) is 23.1. The SMILES string of the molecule is CC(CC[C@]1(C)C2=CC(=O)CC(C)(C)[C@H]2CC[C@@H]1C)CC(=O)OC[C@H](O)CO. The van der Waals surface area contributed by atoms with E-state index in [1.807, 2.05) is 13.0 Å². The lowest BCUT2D eigenvalue weighted by molar-refractivity contribution is -0.148. The Labute approximate surface area is 169 Å². The zero-order valence-electron chi connectivity index (χ0n) is 18.2. The minimum Gasteiger partial charge on any atom is -0.463 e. The molecule has 0 saturated heterocycles. The fraction of sp³-hybridized carbons (Fsp3) is 0.826. The average Bonchev–Trinajstić information content (AvgIpc) is 2.60. The fourth-order valence-corrected chi connectivity index (χ4v) is 5.07. The number of ketones is 1. The molecular formula is C23H38O5. The smallest absolute Gasteiger partial charge is 0.306 e. The van der Waals surface area contributed by atoms with E-state index in [-0.39, 0.29) is 35.1 Å². The van der Waals surface area contributed by atoms with Crippen LogP contribution in [0, 0.1) is 28.6 Å². The van der Waals surface area contributed by atoms with Gasteiger partial charge in [-0.05, 0) is 60.3 Å². The molecule has 0 aliphatic heterocycles. The van der Waals surface area contributed by atoms with Crippen LogP contribution in [0.1, 0.15) is 73.1 Å². The molecule has 0 spiro atoms. The predicted molar refractivity (Wildman–Crippen MR) is 109 cm³/mol. The van der Waals surface area contributed by atoms with Crippen molar-refractivity contribution in [2.75, 3.05) is 13.2 Å². The number of fused-ring (bicyclic) bond motifs is 1. The fourth-order valence-electron chi connectivity index (χ4n) is 5.07. The van der Waals surface area contributed by atoms with Crippen LogP contribution in [0.3, 0.4) is 0 Å². The Kier molecular flexibility index (Phi) is 7.49. The van der Waals surface area contributed by atoms with Gasteiger partial charge in [-0.25, -0.2) is 0 Å². The number of hydrogen-bond donors (Lipinski definition) is 2. The second-order valence-electron chi connectivity index (χ2n) is 10.0. The highest BCUT2D eigenvalue weighted by Crippen LogP contribution is 2.57. The van der Waals surface area contributed by atoms with Gasteiger partial charge in [-0.2, -0.15) is 0 Å². The third-order valence-corrected chi connectivity index (χ3v) is 7.22. The number of esters is 1. The molecule has 2 rings (SSSR count). The number of allylic oxidation sites excluding steroid dienone is 2. The molecule has 0 radical (unpaired) electrons. The molecule has 0 bridgehead atoms. The first-order chi connectivity index (χ1) is 13.0. The Bertz CT molecular complexity index is 608. The number of rotatable bonds is 8. The highest BCUT2D eigenvalue weighted by molar-refractivity contribution is 5.92. The maximum atomic E-state index is 12.4. The minimum absolute atomic E-state index is 0.0124. The van der Waals surface area contributed by atoms with Crippen LogP contribution in [0.5, 0.6) is 0 Å². The van der Waals surface area contributed by atoms with Crippen molar-refractivity contribution in [3.8, 4) is 0 Å². The summed E-state index contributed by atoms with van der Waals surface area (Å²) in [5, 5.41) is 18.1. The van der Waals surface area contributed by atoms with E-state index in [0.29, 0.717) is 24.7 Å². The van der Waals surface area contributed by atoms with Crippen molar-refractivity contribution in [3.05, 3.63) is 11.6 Å². The first-order valence-corrected chi connectivity index (χ1v) is 10.7. The summed E-state index contributed by atoms with van der Waals surface area (Å²) >= 11 is 0. The van der Waals surface area contributed by atoms with Crippen molar-refractivity contribution in [1.29, 1.82) is 0 Å². The molecule has 0 aromatic heterocycles. The van der Waals surface area contributed by atoms with Gasteiger partial charge in [-0.15, -0.1) is 0 Å². The highest BCUT2D eigenvalue weighted by Gasteiger charge is 2.49. The molecule has 1 fully saturated rings. The molecule has 1 saturated carbocycles. The van der Waals surface area contributed by atoms with Crippen molar-refractivity contribution in [2.45, 2.75) is 79.2 Å². The monoisotopic (exact) mass is 394 g/mol. The second kappa shape index (κ2) is 9.08. The van der Waals surface area contributed by atoms with Crippen LogP contribution < -0.4 is 0 Å². The Morgan fingerprint density at radius 1 is 1.32 bits per heavy atom. The van der Waals surface area contributed by atoms with Crippen molar-refractivity contribution < 1.29 is 24.5 Å². The summed E-state index contributed by atoms with van der Waals surface area (Å²) < 4.78 is 5.03. The molecule has 0 heterocycles. The van der Waals surface area contributed by atoms with Gasteiger partial charge >= 0.3 is 5.97 Å². The molecule has 2 N–H and O–H groups in total. The van der Waals surface area contributed by atoms with E-state index in [9.17, 15) is 14.7 Å². The third kappa shape index (κ3) is 5.24. The topological polar surface area (TPSA) is 83.8 Å². The van der Waals surface area contributed by atoms with Gasteiger partial charge in [0.25, 0.3) is 0 Å². The number of carbonyl (C=O) groups excluding carboxylic acids is 2. The lowest BCUT2D eigenvalue weighted by atomic mass is 9.52. The molecule has 2 aliphatic carbocycles. The van der Waals surface area contributed by atoms with Crippen LogP contribution in [0.15, 0.2) is 11.6 Å². The van der Waals surface area contributed by atoms with E-state index in [1.165, 1.54) is 12.0 Å². The van der Waals surface area contributed by atoms with E-state index in [0.717, 1.165) is 19.3 Å². The molecule has 5 atom stereocenters. The molecule has 5 nitrogen and oxygen atoms in total. The number of hydrogen-bond acceptors (Lipinski definition) is 5. The summed E-state index contributed by atoms with van der Waals surface area (Å²) in [6, 6.07) is 0. The summed E-state index contributed by atoms with van der Waals surface area (Å²) in [5.74, 6) is 1.04. The standard InChI is InChI=1S/C23H38O5/c1-15(10-21(27)28-14-18(26)13-24)8-9-23(5)16(2)6-7-19-20(23)11-17(25)12-22(19,3)4/h11,15-16,18-19,24,26H,6-10,12-14H2,1-5H3/t15?,16-,18+,19-,23-/m0/s1. The van der Waals surface area contributed by atoms with Gasteiger partial charge in [0, 0.05) is 12.8 Å². The summed E-state index contributed by atoms with van der Waals surface area (Å²) in [6.07, 6.45) is 6.01. The quantitative estimate of drug-likeness (QED) is 0.614. The average molecular weight is 395 g/mol. The van der Waals surface area contributed by atoms with Crippen molar-refractivity contribution in [3.63, 3.8) is 0 Å². The highest BCUT2D eigenvalue weighted by atomic mass is 16.5. The molecule has 160 valence electrons. The Morgan fingerprint density at radius 2 is 2.00 bits per heavy atom. The number of aliphatic hydroxyl groups is 2. The predicted octanol–water partition coefficient (Wildman–Crippen LogP) is 3.67. The van der Waals surface area contributed by atoms with Gasteiger partial charge in [0.15, 0.2) is 5.78 Å². The third-order valence-electron chi connectivity index (χ3n) is 7.22. The molecule has 0 aromatic rings. The van der Waals surface area contributed by atoms with Gasteiger partial charge in [-0.3, -0.25) is 9.59 Å². The van der Waals surface area contributed by atoms with Gasteiger partial charge in [-0.1, -0.05) is 40.2 Å². The van der Waals surface area contributed by atoms with Gasteiger partial charge in [0.2, 0.25) is 0 Å². The van der Waals surface area contributed by atoms with E-state index in [4.69, 9.17) is 9.84 Å². The van der Waals surface area contributed by atoms with Crippen molar-refractivity contribution >= 4 is 11.8 Å². The lowest BCUT2D eigenvalue weighted by Crippen LogP contribution is -2.44. The summed E-state index contributed by atoms with van der Waals surface area (Å²) in [6.45, 7) is 10.5. The van der Waals surface area contributed by atoms with E-state index in [2.05, 4.69) is 27.7 Å². The van der Waals surface area contributed by atoms with Crippen LogP contribution in [0.2, 0.25) is 0 Å². The molecular weight excluding hydrogens is 356 g/mol. The molecule has 0 aromatic carbocycles. The molecule has 28 heavy (non-hydrogen) atoms. The first-order valence-electron chi connectivity index (χ1n) is 10.7. The minimum atomic E-state index is -1.02. The van der Waals surface area contributed by atoms with Gasteiger partial charge in [0.1, 0.15) is 12.7 Å². The maximum absolute atomic E-state index is 12.4. The van der Waals surface area contributed by atoms with Crippen molar-refractivity contribution in [1.82, 2.24) is 0 Å². The number of carbonyl (C=O) groups is 2. The van der Waals surface area contributed by atoms with Crippen LogP contribution in [-0.4, -0.2) is 41.3 Å². The molecule has 2 aliphatic rings. The molecule has 1 unspecified atom stereocenters. The second-order valence-corrected chi connectivity index (χ2v) is 10.0. The largest absolute Gasteiger partial charge is 0.463 e. The number of ether oxygens (including phenoxy) is 1. The summed E-state index contributed by atoms with van der Waals surface area (Å²) in [4.78, 5) is 24.3. The van der Waals surface area contributed by atoms with Crippen LogP contribution >= 0.6 is 0 Å². The van der Waals surface area contributed by atoms with Gasteiger partial charge < -0.3 is 14.9 Å². The van der Waals surface area contributed by atoms with E-state index in [1.54, 1.807) is 0 Å². The summed E-state index contributed by atoms with van der Waals surface area (Å²) in [5.41, 5.74) is 1.33. The molecule has 0 amide bonds. The number of aliphatic hydroxyl groups excluding tert-OH is 2. The Morgan fingerprint density at radius 3 is 2.64 bits per heavy atom.